The third kappa shape index (κ3) is 6.57. The second-order valence-electron chi connectivity index (χ2n) is 7.90. The van der Waals surface area contributed by atoms with Gasteiger partial charge in [-0.05, 0) is 68.7 Å². The molecular weight excluding hydrogens is 456 g/mol. The van der Waals surface area contributed by atoms with Crippen LogP contribution < -0.4 is 14.4 Å². The lowest BCUT2D eigenvalue weighted by atomic mass is 10.1. The SMILES string of the molecule is CCOc1ccc(-c2noc(CNC(=O)CCCN(c3cccc(C)c3C)S(C)(=O)=O)n2)cc1. The summed E-state index contributed by atoms with van der Waals surface area (Å²) in [5, 5.41) is 6.69. The average Bonchev–Trinajstić information content (AvgIpc) is 3.27. The van der Waals surface area contributed by atoms with Crippen LogP contribution in [0.2, 0.25) is 0 Å². The van der Waals surface area contributed by atoms with E-state index in [2.05, 4.69) is 15.5 Å². The summed E-state index contributed by atoms with van der Waals surface area (Å²) in [4.78, 5) is 16.6. The molecule has 1 amide bonds. The molecule has 182 valence electrons. The molecule has 0 atom stereocenters. The van der Waals surface area contributed by atoms with Gasteiger partial charge in [-0.2, -0.15) is 4.98 Å². The number of aryl methyl sites for hydroxylation is 1. The monoisotopic (exact) mass is 486 g/mol. The van der Waals surface area contributed by atoms with Crippen LogP contribution in [-0.2, 0) is 21.4 Å². The van der Waals surface area contributed by atoms with Crippen molar-refractivity contribution in [2.24, 2.45) is 0 Å². The summed E-state index contributed by atoms with van der Waals surface area (Å²) in [5.74, 6) is 1.24. The van der Waals surface area contributed by atoms with Gasteiger partial charge in [0, 0.05) is 18.5 Å². The topological polar surface area (TPSA) is 115 Å². The van der Waals surface area contributed by atoms with E-state index in [-0.39, 0.29) is 31.3 Å². The second-order valence-corrected chi connectivity index (χ2v) is 9.81. The van der Waals surface area contributed by atoms with Crippen molar-refractivity contribution in [3.05, 3.63) is 59.5 Å². The molecule has 10 heteroatoms. The predicted molar refractivity (Wildman–Crippen MR) is 130 cm³/mol. The maximum Gasteiger partial charge on any atom is 0.246 e. The normalized spacial score (nSPS) is 11.3. The number of carbonyl (C=O) groups excluding carboxylic acids is 1. The van der Waals surface area contributed by atoms with Crippen molar-refractivity contribution in [3.8, 4) is 17.1 Å². The van der Waals surface area contributed by atoms with E-state index in [1.807, 2.05) is 57.2 Å². The minimum absolute atomic E-state index is 0.0929. The van der Waals surface area contributed by atoms with Gasteiger partial charge in [0.25, 0.3) is 0 Å². The first kappa shape index (κ1) is 25.2. The molecule has 0 aliphatic carbocycles. The first-order valence-corrected chi connectivity index (χ1v) is 12.9. The van der Waals surface area contributed by atoms with Crippen molar-refractivity contribution < 1.29 is 22.5 Å². The minimum Gasteiger partial charge on any atom is -0.494 e. The van der Waals surface area contributed by atoms with E-state index in [0.29, 0.717) is 24.5 Å². The number of hydrogen-bond acceptors (Lipinski definition) is 7. The summed E-state index contributed by atoms with van der Waals surface area (Å²) < 4.78 is 36.7. The molecule has 0 saturated heterocycles. The lowest BCUT2D eigenvalue weighted by Gasteiger charge is -2.24. The van der Waals surface area contributed by atoms with Crippen LogP contribution in [0.4, 0.5) is 5.69 Å². The average molecular weight is 487 g/mol. The smallest absolute Gasteiger partial charge is 0.246 e. The number of nitrogens with zero attached hydrogens (tertiary/aromatic N) is 3. The van der Waals surface area contributed by atoms with Crippen molar-refractivity contribution >= 4 is 21.6 Å². The molecule has 0 unspecified atom stereocenters. The molecule has 1 N–H and O–H groups in total. The zero-order chi connectivity index (χ0) is 24.7. The van der Waals surface area contributed by atoms with Crippen LogP contribution >= 0.6 is 0 Å². The fraction of sp³-hybridized carbons (Fsp3) is 0.375. The second kappa shape index (κ2) is 11.1. The van der Waals surface area contributed by atoms with Gasteiger partial charge in [-0.15, -0.1) is 0 Å². The molecule has 1 aromatic heterocycles. The quantitative estimate of drug-likeness (QED) is 0.440. The zero-order valence-corrected chi connectivity index (χ0v) is 20.7. The highest BCUT2D eigenvalue weighted by Crippen LogP contribution is 2.25. The number of sulfonamides is 1. The number of anilines is 1. The fourth-order valence-corrected chi connectivity index (χ4v) is 4.44. The summed E-state index contributed by atoms with van der Waals surface area (Å²) in [5.41, 5.74) is 3.32. The number of hydrogen-bond donors (Lipinski definition) is 1. The molecule has 0 saturated carbocycles. The Morgan fingerprint density at radius 1 is 1.15 bits per heavy atom. The summed E-state index contributed by atoms with van der Waals surface area (Å²) in [6.45, 7) is 6.63. The van der Waals surface area contributed by atoms with Crippen LogP contribution in [0.1, 0.15) is 36.8 Å². The van der Waals surface area contributed by atoms with E-state index in [1.165, 1.54) is 10.6 Å². The molecule has 3 aromatic rings. The van der Waals surface area contributed by atoms with Crippen LogP contribution in [0.3, 0.4) is 0 Å². The van der Waals surface area contributed by atoms with E-state index in [9.17, 15) is 13.2 Å². The highest BCUT2D eigenvalue weighted by atomic mass is 32.2. The fourth-order valence-electron chi connectivity index (χ4n) is 3.43. The van der Waals surface area contributed by atoms with Crippen LogP contribution in [0, 0.1) is 13.8 Å². The van der Waals surface area contributed by atoms with Crippen molar-refractivity contribution in [3.63, 3.8) is 0 Å². The highest BCUT2D eigenvalue weighted by molar-refractivity contribution is 7.92. The Hall–Kier alpha value is -3.40. The number of aromatic nitrogens is 2. The molecule has 0 aliphatic heterocycles. The van der Waals surface area contributed by atoms with Crippen LogP contribution in [-0.4, -0.2) is 43.9 Å². The Balaban J connectivity index is 1.52. The van der Waals surface area contributed by atoms with Crippen molar-refractivity contribution in [1.82, 2.24) is 15.5 Å². The third-order valence-electron chi connectivity index (χ3n) is 5.34. The first-order valence-electron chi connectivity index (χ1n) is 11.1. The molecule has 0 spiro atoms. The standard InChI is InChI=1S/C24H30N4O5S/c1-5-32-20-13-11-19(12-14-20)24-26-23(33-27-24)16-25-22(29)10-7-15-28(34(4,30)31)21-9-6-8-17(2)18(21)3/h6,8-9,11-14H,5,7,10,15-16H2,1-4H3,(H,25,29). The van der Waals surface area contributed by atoms with Crippen molar-refractivity contribution in [1.29, 1.82) is 0 Å². The van der Waals surface area contributed by atoms with Gasteiger partial charge >= 0.3 is 0 Å². The molecule has 9 nitrogen and oxygen atoms in total. The first-order chi connectivity index (χ1) is 16.2. The van der Waals surface area contributed by atoms with E-state index in [0.717, 1.165) is 22.4 Å². The molecule has 0 radical (unpaired) electrons. The molecule has 1 heterocycles. The maximum absolute atomic E-state index is 12.3. The van der Waals surface area contributed by atoms with Crippen LogP contribution in [0.15, 0.2) is 47.0 Å². The van der Waals surface area contributed by atoms with Gasteiger partial charge in [-0.3, -0.25) is 9.10 Å². The number of benzene rings is 2. The molecule has 34 heavy (non-hydrogen) atoms. The largest absolute Gasteiger partial charge is 0.494 e. The highest BCUT2D eigenvalue weighted by Gasteiger charge is 2.20. The van der Waals surface area contributed by atoms with Gasteiger partial charge in [0.1, 0.15) is 5.75 Å². The Morgan fingerprint density at radius 3 is 2.56 bits per heavy atom. The summed E-state index contributed by atoms with van der Waals surface area (Å²) in [7, 11) is -3.48. The molecule has 0 aliphatic rings. The zero-order valence-electron chi connectivity index (χ0n) is 19.9. The lowest BCUT2D eigenvalue weighted by molar-refractivity contribution is -0.121. The van der Waals surface area contributed by atoms with Crippen molar-refractivity contribution in [2.45, 2.75) is 40.2 Å². The number of carbonyl (C=O) groups is 1. The molecule has 0 bridgehead atoms. The van der Waals surface area contributed by atoms with Crippen LogP contribution in [0.5, 0.6) is 5.75 Å². The van der Waals surface area contributed by atoms with E-state index >= 15 is 0 Å². The lowest BCUT2D eigenvalue weighted by Crippen LogP contribution is -2.32. The Kier molecular flexibility index (Phi) is 8.27. The van der Waals surface area contributed by atoms with Gasteiger partial charge in [-0.25, -0.2) is 8.42 Å². The summed E-state index contributed by atoms with van der Waals surface area (Å²) in [6.07, 6.45) is 1.71. The number of ether oxygens (including phenoxy) is 1. The number of amides is 1. The van der Waals surface area contributed by atoms with Gasteiger partial charge in [0.15, 0.2) is 0 Å². The Bertz CT molecular complexity index is 1220. The van der Waals surface area contributed by atoms with Gasteiger partial charge < -0.3 is 14.6 Å². The summed E-state index contributed by atoms with van der Waals surface area (Å²) in [6, 6.07) is 12.9. The van der Waals surface area contributed by atoms with E-state index in [4.69, 9.17) is 9.26 Å². The maximum atomic E-state index is 12.3. The van der Waals surface area contributed by atoms with Crippen LogP contribution in [0.25, 0.3) is 11.4 Å². The third-order valence-corrected chi connectivity index (χ3v) is 6.52. The Labute approximate surface area is 200 Å². The van der Waals surface area contributed by atoms with Gasteiger partial charge in [-0.1, -0.05) is 17.3 Å². The molecule has 3 rings (SSSR count). The molecular formula is C24H30N4O5S. The Morgan fingerprint density at radius 2 is 1.88 bits per heavy atom. The van der Waals surface area contributed by atoms with Gasteiger partial charge in [0.2, 0.25) is 27.6 Å². The minimum atomic E-state index is -3.48. The van der Waals surface area contributed by atoms with E-state index in [1.54, 1.807) is 6.07 Å². The van der Waals surface area contributed by atoms with Crippen molar-refractivity contribution in [2.75, 3.05) is 23.7 Å². The summed E-state index contributed by atoms with van der Waals surface area (Å²) >= 11 is 0. The van der Waals surface area contributed by atoms with E-state index < -0.39 is 10.0 Å². The number of rotatable bonds is 11. The number of nitrogens with one attached hydrogen (secondary N) is 1. The molecule has 0 fully saturated rings. The predicted octanol–water partition coefficient (Wildman–Crippen LogP) is 3.61. The molecule has 2 aromatic carbocycles. The van der Waals surface area contributed by atoms with Gasteiger partial charge in [0.05, 0.1) is 25.1 Å².